The van der Waals surface area contributed by atoms with Crippen LogP contribution in [0.5, 0.6) is 0 Å². The van der Waals surface area contributed by atoms with Crippen LogP contribution in [-0.2, 0) is 6.54 Å². The maximum Gasteiger partial charge on any atom is 0.272 e. The van der Waals surface area contributed by atoms with Gasteiger partial charge in [0, 0.05) is 28.6 Å². The van der Waals surface area contributed by atoms with Gasteiger partial charge in [0.1, 0.15) is 5.69 Å². The predicted molar refractivity (Wildman–Crippen MR) is 98.8 cm³/mol. The summed E-state index contributed by atoms with van der Waals surface area (Å²) in [7, 11) is 0. The molecule has 0 bridgehead atoms. The van der Waals surface area contributed by atoms with E-state index in [0.717, 1.165) is 33.8 Å². The summed E-state index contributed by atoms with van der Waals surface area (Å²) in [5.41, 5.74) is 4.31. The standard InChI is InChI=1S/C18H19BrN4O/c1-4-22-11-14(19)9-17(22)18(24)20-15-6-5-7-16(10-15)23-13(3)8-12(2)21-23/h5-11H,4H2,1-3H3,(H,20,24). The zero-order valence-electron chi connectivity index (χ0n) is 13.9. The molecule has 0 aliphatic carbocycles. The second-order valence-corrected chi connectivity index (χ2v) is 6.59. The minimum absolute atomic E-state index is 0.131. The van der Waals surface area contributed by atoms with Gasteiger partial charge in [0.2, 0.25) is 0 Å². The molecular formula is C18H19BrN4O. The lowest BCUT2D eigenvalue weighted by molar-refractivity contribution is 0.101. The molecule has 0 radical (unpaired) electrons. The maximum atomic E-state index is 12.6. The maximum absolute atomic E-state index is 12.6. The van der Waals surface area contributed by atoms with Crippen molar-refractivity contribution < 1.29 is 4.79 Å². The van der Waals surface area contributed by atoms with Crippen LogP contribution >= 0.6 is 15.9 Å². The molecule has 24 heavy (non-hydrogen) atoms. The number of nitrogens with one attached hydrogen (secondary N) is 1. The number of carbonyl (C=O) groups excluding carboxylic acids is 1. The molecule has 0 spiro atoms. The molecule has 0 unspecified atom stereocenters. The van der Waals surface area contributed by atoms with Crippen LogP contribution in [0.2, 0.25) is 0 Å². The first-order valence-electron chi connectivity index (χ1n) is 7.78. The topological polar surface area (TPSA) is 51.9 Å². The number of hydrogen-bond acceptors (Lipinski definition) is 2. The van der Waals surface area contributed by atoms with Crippen molar-refractivity contribution in [2.45, 2.75) is 27.3 Å². The fraction of sp³-hybridized carbons (Fsp3) is 0.222. The lowest BCUT2D eigenvalue weighted by atomic mass is 10.2. The van der Waals surface area contributed by atoms with Crippen molar-refractivity contribution in [3.63, 3.8) is 0 Å². The van der Waals surface area contributed by atoms with Crippen molar-refractivity contribution in [1.29, 1.82) is 0 Å². The minimum atomic E-state index is -0.131. The normalized spacial score (nSPS) is 10.8. The Kier molecular flexibility index (Phi) is 4.57. The summed E-state index contributed by atoms with van der Waals surface area (Å²) < 4.78 is 4.67. The Morgan fingerprint density at radius 2 is 2.04 bits per heavy atom. The van der Waals surface area contributed by atoms with Crippen LogP contribution in [0, 0.1) is 13.8 Å². The van der Waals surface area contributed by atoms with Crippen LogP contribution in [0.15, 0.2) is 47.1 Å². The number of rotatable bonds is 4. The first kappa shape index (κ1) is 16.5. The summed E-state index contributed by atoms with van der Waals surface area (Å²) in [6.45, 7) is 6.72. The molecule has 124 valence electrons. The number of aryl methyl sites for hydroxylation is 3. The summed E-state index contributed by atoms with van der Waals surface area (Å²) in [5.74, 6) is -0.131. The molecule has 3 rings (SSSR count). The number of anilines is 1. The molecule has 1 aromatic carbocycles. The summed E-state index contributed by atoms with van der Waals surface area (Å²) in [4.78, 5) is 12.6. The Bertz CT molecular complexity index is 894. The minimum Gasteiger partial charge on any atom is -0.343 e. The fourth-order valence-corrected chi connectivity index (χ4v) is 3.19. The molecule has 0 saturated carbocycles. The van der Waals surface area contributed by atoms with E-state index in [1.807, 2.05) is 72.6 Å². The van der Waals surface area contributed by atoms with Crippen molar-refractivity contribution in [3.8, 4) is 5.69 Å². The molecule has 3 aromatic rings. The van der Waals surface area contributed by atoms with E-state index in [9.17, 15) is 4.79 Å². The fourth-order valence-electron chi connectivity index (χ4n) is 2.73. The molecule has 1 N–H and O–H groups in total. The van der Waals surface area contributed by atoms with E-state index >= 15 is 0 Å². The molecule has 0 aliphatic heterocycles. The van der Waals surface area contributed by atoms with Crippen LogP contribution in [-0.4, -0.2) is 20.3 Å². The molecule has 0 saturated heterocycles. The van der Waals surface area contributed by atoms with E-state index in [4.69, 9.17) is 0 Å². The van der Waals surface area contributed by atoms with Crippen LogP contribution in [0.3, 0.4) is 0 Å². The van der Waals surface area contributed by atoms with E-state index in [1.165, 1.54) is 0 Å². The van der Waals surface area contributed by atoms with Gasteiger partial charge in [-0.15, -0.1) is 0 Å². The van der Waals surface area contributed by atoms with Crippen LogP contribution in [0.4, 0.5) is 5.69 Å². The summed E-state index contributed by atoms with van der Waals surface area (Å²) >= 11 is 3.42. The van der Waals surface area contributed by atoms with Gasteiger partial charge in [-0.2, -0.15) is 5.10 Å². The van der Waals surface area contributed by atoms with E-state index in [2.05, 4.69) is 26.3 Å². The van der Waals surface area contributed by atoms with Crippen LogP contribution < -0.4 is 5.32 Å². The number of aromatic nitrogens is 3. The van der Waals surface area contributed by atoms with Gasteiger partial charge in [-0.05, 0) is 67.0 Å². The Hall–Kier alpha value is -2.34. The molecule has 5 nitrogen and oxygen atoms in total. The highest BCUT2D eigenvalue weighted by molar-refractivity contribution is 9.10. The number of carbonyl (C=O) groups is 1. The summed E-state index contributed by atoms with van der Waals surface area (Å²) in [6, 6.07) is 11.5. The average Bonchev–Trinajstić information content (AvgIpc) is 3.09. The molecule has 2 heterocycles. The molecule has 0 fully saturated rings. The van der Waals surface area contributed by atoms with Crippen molar-refractivity contribution in [2.24, 2.45) is 0 Å². The first-order chi connectivity index (χ1) is 11.5. The predicted octanol–water partition coefficient (Wildman–Crippen LogP) is 4.33. The monoisotopic (exact) mass is 386 g/mol. The number of halogens is 1. The zero-order valence-corrected chi connectivity index (χ0v) is 15.5. The SMILES string of the molecule is CCn1cc(Br)cc1C(=O)Nc1cccc(-n2nc(C)cc2C)c1. The van der Waals surface area contributed by atoms with Crippen LogP contribution in [0.25, 0.3) is 5.69 Å². The van der Waals surface area contributed by atoms with Gasteiger partial charge in [0.25, 0.3) is 5.91 Å². The summed E-state index contributed by atoms with van der Waals surface area (Å²) in [6.07, 6.45) is 1.90. The molecule has 2 aromatic heterocycles. The first-order valence-corrected chi connectivity index (χ1v) is 8.58. The van der Waals surface area contributed by atoms with Gasteiger partial charge < -0.3 is 9.88 Å². The van der Waals surface area contributed by atoms with E-state index in [1.54, 1.807) is 0 Å². The van der Waals surface area contributed by atoms with Crippen molar-refractivity contribution >= 4 is 27.5 Å². The van der Waals surface area contributed by atoms with Gasteiger partial charge in [-0.25, -0.2) is 4.68 Å². The van der Waals surface area contributed by atoms with Crippen LogP contribution in [0.1, 0.15) is 28.8 Å². The highest BCUT2D eigenvalue weighted by atomic mass is 79.9. The van der Waals surface area contributed by atoms with Gasteiger partial charge in [-0.1, -0.05) is 6.07 Å². The largest absolute Gasteiger partial charge is 0.343 e. The van der Waals surface area contributed by atoms with Crippen molar-refractivity contribution in [1.82, 2.24) is 14.3 Å². The lowest BCUT2D eigenvalue weighted by Gasteiger charge is -2.10. The average molecular weight is 387 g/mol. The Morgan fingerprint density at radius 3 is 2.71 bits per heavy atom. The van der Waals surface area contributed by atoms with Gasteiger partial charge >= 0.3 is 0 Å². The number of amides is 1. The third-order valence-corrected chi connectivity index (χ3v) is 4.23. The van der Waals surface area contributed by atoms with E-state index in [0.29, 0.717) is 5.69 Å². The van der Waals surface area contributed by atoms with E-state index in [-0.39, 0.29) is 5.91 Å². The Balaban J connectivity index is 1.87. The second-order valence-electron chi connectivity index (χ2n) is 5.67. The molecule has 1 amide bonds. The number of hydrogen-bond donors (Lipinski definition) is 1. The second kappa shape index (κ2) is 6.65. The zero-order chi connectivity index (χ0) is 17.3. The van der Waals surface area contributed by atoms with Crippen molar-refractivity contribution in [2.75, 3.05) is 5.32 Å². The molecule has 0 aliphatic rings. The highest BCUT2D eigenvalue weighted by Crippen LogP contribution is 2.19. The molecule has 0 atom stereocenters. The quantitative estimate of drug-likeness (QED) is 0.725. The van der Waals surface area contributed by atoms with E-state index < -0.39 is 0 Å². The third kappa shape index (κ3) is 3.28. The van der Waals surface area contributed by atoms with Gasteiger partial charge in [0.15, 0.2) is 0 Å². The van der Waals surface area contributed by atoms with Crippen molar-refractivity contribution in [3.05, 3.63) is 64.1 Å². The third-order valence-electron chi connectivity index (χ3n) is 3.79. The Labute approximate surface area is 149 Å². The molecular weight excluding hydrogens is 368 g/mol. The summed E-state index contributed by atoms with van der Waals surface area (Å²) in [5, 5.41) is 7.44. The van der Waals surface area contributed by atoms with Gasteiger partial charge in [0.05, 0.1) is 11.4 Å². The smallest absolute Gasteiger partial charge is 0.272 e. The lowest BCUT2D eigenvalue weighted by Crippen LogP contribution is -2.16. The molecule has 6 heteroatoms. The highest BCUT2D eigenvalue weighted by Gasteiger charge is 2.13. The Morgan fingerprint density at radius 1 is 1.25 bits per heavy atom. The number of benzene rings is 1. The number of nitrogens with zero attached hydrogens (tertiary/aromatic N) is 3. The van der Waals surface area contributed by atoms with Gasteiger partial charge in [-0.3, -0.25) is 4.79 Å².